The number of piperazine rings is 1. The van der Waals surface area contributed by atoms with Crippen molar-refractivity contribution < 1.29 is 13.9 Å². The topological polar surface area (TPSA) is 102 Å². The number of fused-ring (bicyclic) bond motifs is 2. The smallest absolute Gasteiger partial charge is 0.318 e. The van der Waals surface area contributed by atoms with Crippen molar-refractivity contribution in [2.24, 2.45) is 0 Å². The summed E-state index contributed by atoms with van der Waals surface area (Å²) in [5, 5.41) is 9.52. The van der Waals surface area contributed by atoms with Crippen LogP contribution in [-0.4, -0.2) is 95.7 Å². The minimum atomic E-state index is -1.00. The van der Waals surface area contributed by atoms with E-state index in [0.717, 1.165) is 75.2 Å². The summed E-state index contributed by atoms with van der Waals surface area (Å²) in [6.45, 7) is 7.58. The molecule has 2 aromatic heterocycles. The number of aryl methyl sites for hydroxylation is 1. The highest BCUT2D eigenvalue weighted by atomic mass is 19.1. The van der Waals surface area contributed by atoms with Crippen LogP contribution >= 0.6 is 0 Å². The lowest BCUT2D eigenvalue weighted by Gasteiger charge is -2.41. The van der Waals surface area contributed by atoms with Gasteiger partial charge in [-0.3, -0.25) is 9.78 Å². The molecular formula is C32H41FN8O2. The van der Waals surface area contributed by atoms with E-state index in [4.69, 9.17) is 14.7 Å². The van der Waals surface area contributed by atoms with E-state index in [2.05, 4.69) is 45.4 Å². The number of hydrogen-bond donors (Lipinski definition) is 0. The van der Waals surface area contributed by atoms with Gasteiger partial charge in [-0.25, -0.2) is 4.39 Å². The number of rotatable bonds is 7. The van der Waals surface area contributed by atoms with E-state index in [1.54, 1.807) is 0 Å². The van der Waals surface area contributed by atoms with Gasteiger partial charge in [0.05, 0.1) is 24.2 Å². The molecule has 1 amide bonds. The van der Waals surface area contributed by atoms with Crippen LogP contribution in [0.25, 0.3) is 0 Å². The van der Waals surface area contributed by atoms with Gasteiger partial charge in [-0.2, -0.15) is 15.2 Å². The van der Waals surface area contributed by atoms with Crippen molar-refractivity contribution in [3.8, 4) is 12.1 Å². The first kappa shape index (κ1) is 29.3. The van der Waals surface area contributed by atoms with Crippen LogP contribution in [-0.2, 0) is 30.5 Å². The van der Waals surface area contributed by atoms with Gasteiger partial charge in [0.1, 0.15) is 12.4 Å². The van der Waals surface area contributed by atoms with Crippen LogP contribution in [0.4, 0.5) is 15.9 Å². The summed E-state index contributed by atoms with van der Waals surface area (Å²) < 4.78 is 20.1. The summed E-state index contributed by atoms with van der Waals surface area (Å²) in [4.78, 5) is 35.5. The highest BCUT2D eigenvalue weighted by molar-refractivity contribution is 5.91. The maximum Gasteiger partial charge on any atom is 0.318 e. The predicted molar refractivity (Wildman–Crippen MR) is 162 cm³/mol. The van der Waals surface area contributed by atoms with Crippen LogP contribution in [0.15, 0.2) is 24.7 Å². The molecule has 0 N–H and O–H groups in total. The molecule has 0 saturated carbocycles. The van der Waals surface area contributed by atoms with E-state index in [1.807, 2.05) is 6.20 Å². The first-order chi connectivity index (χ1) is 20.9. The second kappa shape index (κ2) is 12.8. The lowest BCUT2D eigenvalue weighted by atomic mass is 9.94. The van der Waals surface area contributed by atoms with E-state index in [9.17, 15) is 14.4 Å². The van der Waals surface area contributed by atoms with Crippen LogP contribution in [0, 0.1) is 11.3 Å². The Bertz CT molecular complexity index is 1410. The minimum absolute atomic E-state index is 0.0983. The highest BCUT2D eigenvalue weighted by Crippen LogP contribution is 2.34. The molecule has 5 heterocycles. The standard InChI is InChI=1S/C32H41FN8O2/c1-22(33)31(42)41-19-18-40(20-23(41)9-13-34)30-26-11-16-39(29-10-14-35-27-8-4-3-7-25(27)29)17-12-28(26)36-32(37-30)43-21-24-6-5-15-38(24)2/h10,14,23-24H,1,3-9,11-12,15-21H2,2H3/t23-,24-/m0/s1. The molecule has 6 rings (SSSR count). The summed E-state index contributed by atoms with van der Waals surface area (Å²) in [6, 6.07) is 4.57. The van der Waals surface area contributed by atoms with Crippen LogP contribution in [0.2, 0.25) is 0 Å². The molecule has 228 valence electrons. The second-order valence-electron chi connectivity index (χ2n) is 12.2. The number of nitrogens with zero attached hydrogens (tertiary/aromatic N) is 8. The van der Waals surface area contributed by atoms with Crippen LogP contribution in [0.1, 0.15) is 54.6 Å². The maximum absolute atomic E-state index is 13.8. The summed E-state index contributed by atoms with van der Waals surface area (Å²) >= 11 is 0. The number of carbonyl (C=O) groups is 1. The van der Waals surface area contributed by atoms with Gasteiger partial charge in [0.25, 0.3) is 5.91 Å². The number of aromatic nitrogens is 3. The van der Waals surface area contributed by atoms with E-state index in [1.165, 1.54) is 34.7 Å². The van der Waals surface area contributed by atoms with Gasteiger partial charge in [0, 0.05) is 68.3 Å². The van der Waals surface area contributed by atoms with Crippen LogP contribution < -0.4 is 14.5 Å². The van der Waals surface area contributed by atoms with E-state index in [0.29, 0.717) is 31.7 Å². The Labute approximate surface area is 253 Å². The first-order valence-corrected chi connectivity index (χ1v) is 15.6. The fraction of sp³-hybridized carbons (Fsp3) is 0.594. The number of carbonyl (C=O) groups excluding carboxylic acids is 1. The van der Waals surface area contributed by atoms with Crippen LogP contribution in [0.5, 0.6) is 6.01 Å². The zero-order valence-electron chi connectivity index (χ0n) is 25.1. The van der Waals surface area contributed by atoms with E-state index in [-0.39, 0.29) is 13.0 Å². The molecule has 0 bridgehead atoms. The van der Waals surface area contributed by atoms with Crippen molar-refractivity contribution in [2.45, 2.75) is 69.9 Å². The fourth-order valence-corrected chi connectivity index (χ4v) is 7.14. The zero-order valence-corrected chi connectivity index (χ0v) is 25.1. The van der Waals surface area contributed by atoms with Crippen molar-refractivity contribution in [1.29, 1.82) is 5.26 Å². The number of ether oxygens (including phenoxy) is 1. The van der Waals surface area contributed by atoms with Crippen LogP contribution in [0.3, 0.4) is 0 Å². The normalized spacial score (nSPS) is 22.4. The van der Waals surface area contributed by atoms with Gasteiger partial charge in [-0.1, -0.05) is 6.58 Å². The van der Waals surface area contributed by atoms with Crippen molar-refractivity contribution >= 4 is 17.4 Å². The fourth-order valence-electron chi connectivity index (χ4n) is 7.14. The molecule has 10 nitrogen and oxygen atoms in total. The molecule has 4 aliphatic rings. The summed E-state index contributed by atoms with van der Waals surface area (Å²) in [5.41, 5.74) is 5.95. The molecule has 2 saturated heterocycles. The molecule has 2 fully saturated rings. The lowest BCUT2D eigenvalue weighted by molar-refractivity contribution is -0.131. The number of halogens is 1. The Morgan fingerprint density at radius 3 is 2.65 bits per heavy atom. The van der Waals surface area contributed by atoms with Gasteiger partial charge in [-0.15, -0.1) is 0 Å². The Morgan fingerprint density at radius 1 is 1.02 bits per heavy atom. The number of amides is 1. The van der Waals surface area contributed by atoms with Crippen molar-refractivity contribution in [3.05, 3.63) is 47.2 Å². The molecule has 0 radical (unpaired) electrons. The monoisotopic (exact) mass is 588 g/mol. The van der Waals surface area contributed by atoms with Crippen molar-refractivity contribution in [1.82, 2.24) is 24.8 Å². The van der Waals surface area contributed by atoms with E-state index < -0.39 is 17.8 Å². The van der Waals surface area contributed by atoms with Gasteiger partial charge in [0.2, 0.25) is 0 Å². The number of pyridine rings is 1. The molecule has 0 aromatic carbocycles. The Balaban J connectivity index is 1.29. The number of likely N-dealkylation sites (N-methyl/N-ethyl adjacent to an activating group) is 1. The molecule has 2 atom stereocenters. The number of likely N-dealkylation sites (tertiary alicyclic amines) is 1. The molecule has 3 aliphatic heterocycles. The van der Waals surface area contributed by atoms with Gasteiger partial charge in [-0.05, 0) is 70.2 Å². The quantitative estimate of drug-likeness (QED) is 0.451. The minimum Gasteiger partial charge on any atom is -0.462 e. The molecule has 11 heteroatoms. The summed E-state index contributed by atoms with van der Waals surface area (Å²) in [6.07, 6.45) is 10.3. The Morgan fingerprint density at radius 2 is 1.86 bits per heavy atom. The second-order valence-corrected chi connectivity index (χ2v) is 12.2. The van der Waals surface area contributed by atoms with Crippen molar-refractivity contribution in [2.75, 3.05) is 62.7 Å². The van der Waals surface area contributed by atoms with Gasteiger partial charge >= 0.3 is 6.01 Å². The van der Waals surface area contributed by atoms with Gasteiger partial charge in [0.15, 0.2) is 5.83 Å². The number of nitriles is 1. The third kappa shape index (κ3) is 6.16. The number of anilines is 2. The molecule has 0 spiro atoms. The Hall–Kier alpha value is -3.78. The molecular weight excluding hydrogens is 547 g/mol. The molecule has 0 unspecified atom stereocenters. The SMILES string of the molecule is C=C(F)C(=O)N1CCN(c2nc(OC[C@@H]3CCCN3C)nc3c2CCN(c2ccnc4c2CCCC4)CC3)C[C@@H]1CC#N. The molecule has 1 aliphatic carbocycles. The summed E-state index contributed by atoms with van der Waals surface area (Å²) in [5.74, 6) is -0.951. The average Bonchev–Trinajstić information content (AvgIpc) is 3.31. The highest BCUT2D eigenvalue weighted by Gasteiger charge is 2.35. The first-order valence-electron chi connectivity index (χ1n) is 15.6. The number of hydrogen-bond acceptors (Lipinski definition) is 9. The van der Waals surface area contributed by atoms with E-state index >= 15 is 0 Å². The third-order valence-electron chi connectivity index (χ3n) is 9.53. The third-order valence-corrected chi connectivity index (χ3v) is 9.53. The van der Waals surface area contributed by atoms with Gasteiger partial charge < -0.3 is 24.3 Å². The zero-order chi connectivity index (χ0) is 29.9. The molecule has 43 heavy (non-hydrogen) atoms. The summed E-state index contributed by atoms with van der Waals surface area (Å²) in [7, 11) is 2.12. The average molecular weight is 589 g/mol. The van der Waals surface area contributed by atoms with Crippen molar-refractivity contribution in [3.63, 3.8) is 0 Å². The lowest BCUT2D eigenvalue weighted by Crippen LogP contribution is -2.55. The maximum atomic E-state index is 13.8. The largest absolute Gasteiger partial charge is 0.462 e. The predicted octanol–water partition coefficient (Wildman–Crippen LogP) is 3.24. The molecule has 2 aromatic rings. The Kier molecular flexibility index (Phi) is 8.75.